The number of aryl methyl sites for hydroxylation is 3. The number of esters is 1. The minimum Gasteiger partial charge on any atom is -0.457 e. The molecular weight excluding hydrogens is 444 g/mol. The lowest BCUT2D eigenvalue weighted by Crippen LogP contribution is -2.28. The van der Waals surface area contributed by atoms with Crippen LogP contribution in [0.3, 0.4) is 0 Å². The summed E-state index contributed by atoms with van der Waals surface area (Å²) in [6.45, 7) is 5.63. The maximum absolute atomic E-state index is 12.6. The van der Waals surface area contributed by atoms with Crippen molar-refractivity contribution in [1.82, 2.24) is 0 Å². The zero-order valence-electron chi connectivity index (χ0n) is 20.0. The molecule has 0 aliphatic carbocycles. The fourth-order valence-corrected chi connectivity index (χ4v) is 3.86. The van der Waals surface area contributed by atoms with Crippen molar-refractivity contribution in [3.8, 4) is 11.5 Å². The van der Waals surface area contributed by atoms with Crippen LogP contribution in [0.2, 0.25) is 0 Å². The number of nitrogens with one attached hydrogen (secondary N) is 1. The minimum atomic E-state index is -0.625. The highest BCUT2D eigenvalue weighted by atomic mass is 16.5. The summed E-state index contributed by atoms with van der Waals surface area (Å²) in [7, 11) is 0. The standard InChI is InChI=1S/C28H28N2O5/c1-18-5-10-23(11-6-18)35-24-12-8-22(9-13-24)30-16-21(15-27(30)32)28(33)34-17-26(31)29-25-14-19(2)4-7-20(25)3/h4-14,21H,15-17H2,1-3H3,(H,29,31)/t21-/m0/s1. The van der Waals surface area contributed by atoms with Gasteiger partial charge in [0.05, 0.1) is 5.92 Å². The Morgan fingerprint density at radius 3 is 2.23 bits per heavy atom. The first-order valence-electron chi connectivity index (χ1n) is 11.5. The molecule has 3 aromatic carbocycles. The number of ether oxygens (including phenoxy) is 2. The maximum Gasteiger partial charge on any atom is 0.311 e. The second-order valence-corrected chi connectivity index (χ2v) is 8.79. The summed E-state index contributed by atoms with van der Waals surface area (Å²) in [6, 6.07) is 20.6. The van der Waals surface area contributed by atoms with Gasteiger partial charge in [-0.3, -0.25) is 14.4 Å². The van der Waals surface area contributed by atoms with Gasteiger partial charge in [-0.2, -0.15) is 0 Å². The van der Waals surface area contributed by atoms with Crippen LogP contribution in [0.25, 0.3) is 0 Å². The van der Waals surface area contributed by atoms with Crippen LogP contribution in [0.15, 0.2) is 66.7 Å². The van der Waals surface area contributed by atoms with Gasteiger partial charge in [0.1, 0.15) is 11.5 Å². The van der Waals surface area contributed by atoms with Crippen molar-refractivity contribution in [1.29, 1.82) is 0 Å². The summed E-state index contributed by atoms with van der Waals surface area (Å²) in [4.78, 5) is 38.9. The van der Waals surface area contributed by atoms with Crippen LogP contribution in [-0.4, -0.2) is 30.9 Å². The van der Waals surface area contributed by atoms with Crippen molar-refractivity contribution in [2.75, 3.05) is 23.4 Å². The average molecular weight is 473 g/mol. The van der Waals surface area contributed by atoms with E-state index in [0.717, 1.165) is 22.4 Å². The number of rotatable bonds is 7. The van der Waals surface area contributed by atoms with E-state index in [1.165, 1.54) is 0 Å². The van der Waals surface area contributed by atoms with E-state index in [-0.39, 0.29) is 18.9 Å². The highest BCUT2D eigenvalue weighted by Crippen LogP contribution is 2.29. The lowest BCUT2D eigenvalue weighted by molar-refractivity contribution is -0.151. The summed E-state index contributed by atoms with van der Waals surface area (Å²) >= 11 is 0. The molecule has 2 amide bonds. The first-order valence-corrected chi connectivity index (χ1v) is 11.5. The fourth-order valence-electron chi connectivity index (χ4n) is 3.86. The van der Waals surface area contributed by atoms with Gasteiger partial charge in [0, 0.05) is 24.3 Å². The number of amides is 2. The Labute approximate surface area is 204 Å². The quantitative estimate of drug-likeness (QED) is 0.493. The molecule has 7 heteroatoms. The third kappa shape index (κ3) is 6.06. The predicted octanol–water partition coefficient (Wildman–Crippen LogP) is 4.94. The average Bonchev–Trinajstić information content (AvgIpc) is 3.23. The van der Waals surface area contributed by atoms with Crippen molar-refractivity contribution in [2.24, 2.45) is 5.92 Å². The Balaban J connectivity index is 1.30. The molecule has 1 fully saturated rings. The molecule has 1 aliphatic rings. The van der Waals surface area contributed by atoms with Gasteiger partial charge in [0.15, 0.2) is 6.61 Å². The smallest absolute Gasteiger partial charge is 0.311 e. The Bertz CT molecular complexity index is 1240. The maximum atomic E-state index is 12.6. The third-order valence-corrected chi connectivity index (χ3v) is 5.88. The van der Waals surface area contributed by atoms with E-state index >= 15 is 0 Å². The molecule has 0 radical (unpaired) electrons. The van der Waals surface area contributed by atoms with Crippen molar-refractivity contribution >= 4 is 29.2 Å². The highest BCUT2D eigenvalue weighted by molar-refractivity contribution is 6.00. The van der Waals surface area contributed by atoms with Crippen molar-refractivity contribution < 1.29 is 23.9 Å². The second-order valence-electron chi connectivity index (χ2n) is 8.79. The second kappa shape index (κ2) is 10.4. The highest BCUT2D eigenvalue weighted by Gasteiger charge is 2.36. The third-order valence-electron chi connectivity index (χ3n) is 5.88. The van der Waals surface area contributed by atoms with E-state index in [4.69, 9.17) is 9.47 Å². The Morgan fingerprint density at radius 2 is 1.54 bits per heavy atom. The number of hydrogen-bond donors (Lipinski definition) is 1. The molecule has 0 aromatic heterocycles. The van der Waals surface area contributed by atoms with Gasteiger partial charge in [0.2, 0.25) is 5.91 Å². The zero-order chi connectivity index (χ0) is 24.9. The van der Waals surface area contributed by atoms with Gasteiger partial charge in [0.25, 0.3) is 5.91 Å². The molecular formula is C28H28N2O5. The topological polar surface area (TPSA) is 84.9 Å². The number of benzene rings is 3. The van der Waals surface area contributed by atoms with Crippen LogP contribution in [-0.2, 0) is 19.1 Å². The van der Waals surface area contributed by atoms with Crippen LogP contribution < -0.4 is 15.0 Å². The summed E-state index contributed by atoms with van der Waals surface area (Å²) in [6.07, 6.45) is 0.0407. The normalized spacial score (nSPS) is 15.1. The van der Waals surface area contributed by atoms with Gasteiger partial charge in [-0.25, -0.2) is 0 Å². The fraction of sp³-hybridized carbons (Fsp3) is 0.250. The molecule has 35 heavy (non-hydrogen) atoms. The van der Waals surface area contributed by atoms with Gasteiger partial charge in [-0.15, -0.1) is 0 Å². The van der Waals surface area contributed by atoms with Crippen LogP contribution >= 0.6 is 0 Å². The van der Waals surface area contributed by atoms with E-state index in [2.05, 4.69) is 5.32 Å². The van der Waals surface area contributed by atoms with E-state index in [0.29, 0.717) is 17.1 Å². The summed E-state index contributed by atoms with van der Waals surface area (Å²) < 4.78 is 11.0. The van der Waals surface area contributed by atoms with Crippen LogP contribution in [0, 0.1) is 26.7 Å². The molecule has 4 rings (SSSR count). The summed E-state index contributed by atoms with van der Waals surface area (Å²) in [5, 5.41) is 2.76. The molecule has 1 atom stereocenters. The number of hydrogen-bond acceptors (Lipinski definition) is 5. The van der Waals surface area contributed by atoms with Crippen molar-refractivity contribution in [3.05, 3.63) is 83.4 Å². The molecule has 180 valence electrons. The van der Waals surface area contributed by atoms with E-state index in [9.17, 15) is 14.4 Å². The molecule has 1 heterocycles. The molecule has 1 aliphatic heterocycles. The Hall–Kier alpha value is -4.13. The molecule has 7 nitrogen and oxygen atoms in total. The summed E-state index contributed by atoms with van der Waals surface area (Å²) in [5.41, 5.74) is 4.44. The monoisotopic (exact) mass is 472 g/mol. The molecule has 1 N–H and O–H groups in total. The Morgan fingerprint density at radius 1 is 0.914 bits per heavy atom. The molecule has 0 saturated carbocycles. The van der Waals surface area contributed by atoms with Gasteiger partial charge in [-0.05, 0) is 74.4 Å². The van der Waals surface area contributed by atoms with E-state index < -0.39 is 24.4 Å². The number of nitrogens with zero attached hydrogens (tertiary/aromatic N) is 1. The first-order chi connectivity index (χ1) is 16.8. The first kappa shape index (κ1) is 24.0. The lowest BCUT2D eigenvalue weighted by Gasteiger charge is -2.17. The number of carbonyl (C=O) groups is 3. The van der Waals surface area contributed by atoms with Crippen molar-refractivity contribution in [2.45, 2.75) is 27.2 Å². The molecule has 3 aromatic rings. The molecule has 0 unspecified atom stereocenters. The number of carbonyl (C=O) groups excluding carboxylic acids is 3. The van der Waals surface area contributed by atoms with Crippen molar-refractivity contribution in [3.63, 3.8) is 0 Å². The van der Waals surface area contributed by atoms with Gasteiger partial charge < -0.3 is 19.7 Å². The lowest BCUT2D eigenvalue weighted by atomic mass is 10.1. The van der Waals surface area contributed by atoms with Gasteiger partial charge in [-0.1, -0.05) is 29.8 Å². The SMILES string of the molecule is Cc1ccc(Oc2ccc(N3C[C@@H](C(=O)OCC(=O)Nc4cc(C)ccc4C)CC3=O)cc2)cc1. The summed E-state index contributed by atoms with van der Waals surface area (Å²) in [5.74, 6) is -0.396. The number of anilines is 2. The largest absolute Gasteiger partial charge is 0.457 e. The van der Waals surface area contributed by atoms with E-state index in [1.807, 2.05) is 63.2 Å². The minimum absolute atomic E-state index is 0.0407. The molecule has 0 spiro atoms. The Kier molecular flexibility index (Phi) is 7.15. The van der Waals surface area contributed by atoms with E-state index in [1.54, 1.807) is 29.2 Å². The zero-order valence-corrected chi connectivity index (χ0v) is 20.0. The van der Waals surface area contributed by atoms with Crippen LogP contribution in [0.5, 0.6) is 11.5 Å². The molecule has 0 bridgehead atoms. The van der Waals surface area contributed by atoms with Crippen LogP contribution in [0.4, 0.5) is 11.4 Å². The van der Waals surface area contributed by atoms with Crippen LogP contribution in [0.1, 0.15) is 23.1 Å². The predicted molar refractivity (Wildman–Crippen MR) is 134 cm³/mol. The van der Waals surface area contributed by atoms with Gasteiger partial charge >= 0.3 is 5.97 Å². The molecule has 1 saturated heterocycles.